The summed E-state index contributed by atoms with van der Waals surface area (Å²) in [5.41, 5.74) is 6.22. The van der Waals surface area contributed by atoms with Gasteiger partial charge in [0, 0.05) is 12.1 Å². The van der Waals surface area contributed by atoms with Crippen LogP contribution in [-0.2, 0) is 12.7 Å². The van der Waals surface area contributed by atoms with Gasteiger partial charge in [0.25, 0.3) is 0 Å². The number of nitrogens with one attached hydrogen (secondary N) is 1. The summed E-state index contributed by atoms with van der Waals surface area (Å²) in [6, 6.07) is 4.98. The lowest BCUT2D eigenvalue weighted by molar-refractivity contribution is -0.137. The van der Waals surface area contributed by atoms with Gasteiger partial charge in [-0.3, -0.25) is 0 Å². The Bertz CT molecular complexity index is 521. The number of alkyl halides is 3. The highest BCUT2D eigenvalue weighted by atomic mass is 19.4. The third-order valence-corrected chi connectivity index (χ3v) is 2.44. The highest BCUT2D eigenvalue weighted by Crippen LogP contribution is 2.32. The molecule has 0 amide bonds. The molecule has 1 heterocycles. The minimum atomic E-state index is -4.38. The van der Waals surface area contributed by atoms with E-state index in [1.807, 2.05) is 0 Å². The average Bonchev–Trinajstić information content (AvgIpc) is 2.79. The minimum Gasteiger partial charge on any atom is -0.472 e. The first-order chi connectivity index (χ1) is 8.47. The Morgan fingerprint density at radius 1 is 1.22 bits per heavy atom. The molecule has 3 nitrogen and oxygen atoms in total. The van der Waals surface area contributed by atoms with Crippen molar-refractivity contribution < 1.29 is 17.6 Å². The van der Waals surface area contributed by atoms with E-state index in [1.165, 1.54) is 12.3 Å². The fourth-order valence-electron chi connectivity index (χ4n) is 1.49. The van der Waals surface area contributed by atoms with Gasteiger partial charge in [-0.05, 0) is 24.3 Å². The molecule has 0 radical (unpaired) electrons. The molecule has 18 heavy (non-hydrogen) atoms. The maximum absolute atomic E-state index is 12.4. The van der Waals surface area contributed by atoms with E-state index < -0.39 is 11.7 Å². The van der Waals surface area contributed by atoms with Gasteiger partial charge in [0.1, 0.15) is 0 Å². The lowest BCUT2D eigenvalue weighted by atomic mass is 10.1. The molecule has 0 saturated carbocycles. The Hall–Kier alpha value is -2.11. The molecule has 0 unspecified atom stereocenters. The fourth-order valence-corrected chi connectivity index (χ4v) is 1.49. The van der Waals surface area contributed by atoms with Crippen LogP contribution in [0.15, 0.2) is 41.2 Å². The summed E-state index contributed by atoms with van der Waals surface area (Å²) in [7, 11) is 0. The van der Waals surface area contributed by atoms with Crippen molar-refractivity contribution in [2.75, 3.05) is 11.1 Å². The maximum atomic E-state index is 12.4. The van der Waals surface area contributed by atoms with E-state index in [2.05, 4.69) is 5.32 Å². The normalized spacial score (nSPS) is 11.5. The summed E-state index contributed by atoms with van der Waals surface area (Å²) >= 11 is 0. The first kappa shape index (κ1) is 12.3. The van der Waals surface area contributed by atoms with Crippen LogP contribution in [0.1, 0.15) is 11.1 Å². The van der Waals surface area contributed by atoms with Crippen molar-refractivity contribution in [3.05, 3.63) is 47.9 Å². The van der Waals surface area contributed by atoms with E-state index in [0.29, 0.717) is 12.2 Å². The number of rotatable bonds is 3. The van der Waals surface area contributed by atoms with Gasteiger partial charge in [0.05, 0.1) is 29.5 Å². The second kappa shape index (κ2) is 4.64. The van der Waals surface area contributed by atoms with E-state index >= 15 is 0 Å². The van der Waals surface area contributed by atoms with E-state index in [9.17, 15) is 13.2 Å². The van der Waals surface area contributed by atoms with Crippen LogP contribution in [-0.4, -0.2) is 0 Å². The lowest BCUT2D eigenvalue weighted by Crippen LogP contribution is -2.07. The van der Waals surface area contributed by atoms with Crippen LogP contribution in [0.5, 0.6) is 0 Å². The van der Waals surface area contributed by atoms with Crippen molar-refractivity contribution in [2.24, 2.45) is 0 Å². The maximum Gasteiger partial charge on any atom is 0.416 e. The van der Waals surface area contributed by atoms with Crippen molar-refractivity contribution in [1.82, 2.24) is 0 Å². The molecule has 1 aromatic carbocycles. The third kappa shape index (κ3) is 2.77. The fraction of sp³-hybridized carbons (Fsp3) is 0.167. The molecule has 0 spiro atoms. The standard InChI is InChI=1S/C12H11F3N2O/c13-12(14,15)9-1-2-11(10(16)5-9)17-6-8-3-4-18-7-8/h1-5,7,17H,6,16H2. The summed E-state index contributed by atoms with van der Waals surface area (Å²) in [6.07, 6.45) is -1.31. The van der Waals surface area contributed by atoms with Gasteiger partial charge in [0.2, 0.25) is 0 Å². The zero-order valence-corrected chi connectivity index (χ0v) is 9.29. The van der Waals surface area contributed by atoms with E-state index in [-0.39, 0.29) is 5.69 Å². The average molecular weight is 256 g/mol. The molecular formula is C12H11F3N2O. The third-order valence-electron chi connectivity index (χ3n) is 2.44. The summed E-state index contributed by atoms with van der Waals surface area (Å²) in [6.45, 7) is 0.437. The summed E-state index contributed by atoms with van der Waals surface area (Å²) in [5.74, 6) is 0. The number of furan rings is 1. The number of hydrogen-bond acceptors (Lipinski definition) is 3. The molecule has 2 rings (SSSR count). The van der Waals surface area contributed by atoms with Crippen LogP contribution >= 0.6 is 0 Å². The van der Waals surface area contributed by atoms with E-state index in [4.69, 9.17) is 10.2 Å². The summed E-state index contributed by atoms with van der Waals surface area (Å²) in [4.78, 5) is 0. The topological polar surface area (TPSA) is 51.2 Å². The smallest absolute Gasteiger partial charge is 0.416 e. The zero-order valence-electron chi connectivity index (χ0n) is 9.29. The molecule has 0 atom stereocenters. The predicted molar refractivity (Wildman–Crippen MR) is 61.9 cm³/mol. The second-order valence-electron chi connectivity index (χ2n) is 3.78. The van der Waals surface area contributed by atoms with Crippen LogP contribution in [0, 0.1) is 0 Å². The van der Waals surface area contributed by atoms with Crippen LogP contribution in [0.4, 0.5) is 24.5 Å². The predicted octanol–water partition coefficient (Wildman–Crippen LogP) is 3.49. The SMILES string of the molecule is Nc1cc(C(F)(F)F)ccc1NCc1ccoc1. The molecule has 1 aromatic heterocycles. The van der Waals surface area contributed by atoms with Gasteiger partial charge in [0.15, 0.2) is 0 Å². The van der Waals surface area contributed by atoms with Gasteiger partial charge in [-0.1, -0.05) is 0 Å². The molecule has 0 aliphatic heterocycles. The number of nitrogen functional groups attached to an aromatic ring is 1. The Kier molecular flexibility index (Phi) is 3.18. The van der Waals surface area contributed by atoms with Crippen molar-refractivity contribution in [3.8, 4) is 0 Å². The number of halogens is 3. The van der Waals surface area contributed by atoms with Gasteiger partial charge >= 0.3 is 6.18 Å². The highest BCUT2D eigenvalue weighted by Gasteiger charge is 2.30. The monoisotopic (exact) mass is 256 g/mol. The molecule has 2 aromatic rings. The Labute approximate surface area is 101 Å². The van der Waals surface area contributed by atoms with Crippen molar-refractivity contribution in [3.63, 3.8) is 0 Å². The van der Waals surface area contributed by atoms with Gasteiger partial charge in [-0.25, -0.2) is 0 Å². The van der Waals surface area contributed by atoms with Crippen LogP contribution in [0.2, 0.25) is 0 Å². The van der Waals surface area contributed by atoms with Crippen LogP contribution in [0.3, 0.4) is 0 Å². The first-order valence-corrected chi connectivity index (χ1v) is 5.18. The molecule has 3 N–H and O–H groups in total. The van der Waals surface area contributed by atoms with E-state index in [0.717, 1.165) is 17.7 Å². The van der Waals surface area contributed by atoms with Crippen molar-refractivity contribution in [2.45, 2.75) is 12.7 Å². The largest absolute Gasteiger partial charge is 0.472 e. The van der Waals surface area contributed by atoms with Gasteiger partial charge in [-0.2, -0.15) is 13.2 Å². The quantitative estimate of drug-likeness (QED) is 0.826. The minimum absolute atomic E-state index is 0.0633. The number of anilines is 2. The Balaban J connectivity index is 2.10. The molecule has 0 aliphatic rings. The van der Waals surface area contributed by atoms with Crippen LogP contribution < -0.4 is 11.1 Å². The van der Waals surface area contributed by atoms with E-state index in [1.54, 1.807) is 12.3 Å². The number of benzene rings is 1. The molecule has 0 saturated heterocycles. The summed E-state index contributed by atoms with van der Waals surface area (Å²) < 4.78 is 42.1. The molecule has 0 aliphatic carbocycles. The molecule has 96 valence electrons. The second-order valence-corrected chi connectivity index (χ2v) is 3.78. The van der Waals surface area contributed by atoms with Crippen LogP contribution in [0.25, 0.3) is 0 Å². The Morgan fingerprint density at radius 2 is 2.00 bits per heavy atom. The molecule has 0 fully saturated rings. The lowest BCUT2D eigenvalue weighted by Gasteiger charge is -2.12. The highest BCUT2D eigenvalue weighted by molar-refractivity contribution is 5.67. The number of nitrogens with two attached hydrogens (primary N) is 1. The van der Waals surface area contributed by atoms with Gasteiger partial charge < -0.3 is 15.5 Å². The molecule has 6 heteroatoms. The first-order valence-electron chi connectivity index (χ1n) is 5.18. The molecular weight excluding hydrogens is 245 g/mol. The Morgan fingerprint density at radius 3 is 2.56 bits per heavy atom. The van der Waals surface area contributed by atoms with Gasteiger partial charge in [-0.15, -0.1) is 0 Å². The zero-order chi connectivity index (χ0) is 13.2. The van der Waals surface area contributed by atoms with Crippen molar-refractivity contribution >= 4 is 11.4 Å². The summed E-state index contributed by atoms with van der Waals surface area (Å²) in [5, 5.41) is 2.94. The van der Waals surface area contributed by atoms with Crippen molar-refractivity contribution in [1.29, 1.82) is 0 Å². The number of hydrogen-bond donors (Lipinski definition) is 2. The molecule has 0 bridgehead atoms.